The summed E-state index contributed by atoms with van der Waals surface area (Å²) in [5.74, 6) is 0.632. The van der Waals surface area contributed by atoms with Gasteiger partial charge < -0.3 is 10.1 Å². The molecular formula is C13H16N4O2. The topological polar surface area (TPSA) is 69.0 Å². The molecule has 1 N–H and O–H groups in total. The smallest absolute Gasteiger partial charge is 0.249 e. The summed E-state index contributed by atoms with van der Waals surface area (Å²) in [4.78, 5) is 19.8. The highest BCUT2D eigenvalue weighted by atomic mass is 16.5. The Balaban J connectivity index is 2.02. The highest BCUT2D eigenvalue weighted by molar-refractivity contribution is 5.80. The van der Waals surface area contributed by atoms with E-state index in [2.05, 4.69) is 15.3 Å². The van der Waals surface area contributed by atoms with E-state index < -0.39 is 6.10 Å². The van der Waals surface area contributed by atoms with Gasteiger partial charge in [0.15, 0.2) is 0 Å². The zero-order chi connectivity index (χ0) is 13.7. The summed E-state index contributed by atoms with van der Waals surface area (Å²) >= 11 is 0. The minimum Gasteiger partial charge on any atom is -0.372 e. The van der Waals surface area contributed by atoms with Gasteiger partial charge in [0.25, 0.3) is 0 Å². The predicted molar refractivity (Wildman–Crippen MR) is 69.7 cm³/mol. The molecule has 6 heteroatoms. The van der Waals surface area contributed by atoms with Crippen LogP contribution in [0, 0.1) is 0 Å². The first-order valence-electron chi connectivity index (χ1n) is 5.94. The Labute approximate surface area is 111 Å². The Bertz CT molecular complexity index is 539. The third-order valence-electron chi connectivity index (χ3n) is 2.77. The molecule has 2 heterocycles. The lowest BCUT2D eigenvalue weighted by Gasteiger charge is -2.11. The van der Waals surface area contributed by atoms with Gasteiger partial charge in [0.1, 0.15) is 18.2 Å². The van der Waals surface area contributed by atoms with Crippen LogP contribution in [0.25, 0.3) is 5.82 Å². The Morgan fingerprint density at radius 3 is 3.05 bits per heavy atom. The Morgan fingerprint density at radius 2 is 2.37 bits per heavy atom. The molecule has 1 amide bonds. The number of imidazole rings is 1. The number of carbonyl (C=O) groups is 1. The number of aromatic nitrogens is 3. The second-order valence-electron chi connectivity index (χ2n) is 4.09. The molecule has 0 fully saturated rings. The van der Waals surface area contributed by atoms with E-state index in [9.17, 15) is 4.79 Å². The summed E-state index contributed by atoms with van der Waals surface area (Å²) in [7, 11) is 1.51. The molecule has 1 atom stereocenters. The first-order chi connectivity index (χ1) is 9.20. The molecule has 0 aliphatic heterocycles. The minimum absolute atomic E-state index is 0.136. The van der Waals surface area contributed by atoms with Crippen molar-refractivity contribution in [3.8, 4) is 5.82 Å². The molecule has 0 aliphatic rings. The Kier molecular flexibility index (Phi) is 4.25. The first kappa shape index (κ1) is 13.2. The van der Waals surface area contributed by atoms with E-state index in [1.54, 1.807) is 25.6 Å². The van der Waals surface area contributed by atoms with Crippen LogP contribution in [0.1, 0.15) is 12.5 Å². The number of hydrogen-bond acceptors (Lipinski definition) is 4. The van der Waals surface area contributed by atoms with Crippen molar-refractivity contribution >= 4 is 5.91 Å². The molecule has 100 valence electrons. The number of nitrogens with one attached hydrogen (secondary N) is 1. The van der Waals surface area contributed by atoms with Gasteiger partial charge in [-0.1, -0.05) is 0 Å². The van der Waals surface area contributed by atoms with E-state index in [1.807, 2.05) is 22.9 Å². The number of methoxy groups -OCH3 is 1. The van der Waals surface area contributed by atoms with Gasteiger partial charge in [-0.3, -0.25) is 9.36 Å². The summed E-state index contributed by atoms with van der Waals surface area (Å²) < 4.78 is 6.75. The summed E-state index contributed by atoms with van der Waals surface area (Å²) in [6, 6.07) is 3.76. The van der Waals surface area contributed by atoms with Gasteiger partial charge in [0.05, 0.1) is 0 Å². The number of amides is 1. The SMILES string of the molecule is COC(C)C(=O)NCc1ccnc(-n2ccnc2)c1. The molecule has 0 spiro atoms. The van der Waals surface area contributed by atoms with Crippen molar-refractivity contribution in [3.63, 3.8) is 0 Å². The van der Waals surface area contributed by atoms with Crippen molar-refractivity contribution in [2.24, 2.45) is 0 Å². The fourth-order valence-electron chi connectivity index (χ4n) is 1.55. The van der Waals surface area contributed by atoms with Gasteiger partial charge in [0, 0.05) is 32.2 Å². The number of carbonyl (C=O) groups excluding carboxylic acids is 1. The van der Waals surface area contributed by atoms with Crippen molar-refractivity contribution in [1.82, 2.24) is 19.9 Å². The van der Waals surface area contributed by atoms with Crippen LogP contribution in [0.4, 0.5) is 0 Å². The number of nitrogens with zero attached hydrogens (tertiary/aromatic N) is 3. The summed E-state index contributed by atoms with van der Waals surface area (Å²) in [5, 5.41) is 2.81. The van der Waals surface area contributed by atoms with Crippen molar-refractivity contribution < 1.29 is 9.53 Å². The van der Waals surface area contributed by atoms with Crippen molar-refractivity contribution in [3.05, 3.63) is 42.6 Å². The summed E-state index contributed by atoms with van der Waals surface area (Å²) in [6.45, 7) is 2.15. The summed E-state index contributed by atoms with van der Waals surface area (Å²) in [6.07, 6.45) is 6.44. The number of rotatable bonds is 5. The molecular weight excluding hydrogens is 244 g/mol. The van der Waals surface area contributed by atoms with Gasteiger partial charge in [-0.05, 0) is 24.6 Å². The molecule has 0 aliphatic carbocycles. The average molecular weight is 260 g/mol. The predicted octanol–water partition coefficient (Wildman–Crippen LogP) is 0.918. The van der Waals surface area contributed by atoms with Gasteiger partial charge in [-0.15, -0.1) is 0 Å². The van der Waals surface area contributed by atoms with Crippen molar-refractivity contribution in [1.29, 1.82) is 0 Å². The van der Waals surface area contributed by atoms with Crippen LogP contribution in [0.3, 0.4) is 0 Å². The van der Waals surface area contributed by atoms with Crippen molar-refractivity contribution in [2.45, 2.75) is 19.6 Å². The van der Waals surface area contributed by atoms with Gasteiger partial charge in [-0.2, -0.15) is 0 Å². The molecule has 1 unspecified atom stereocenters. The maximum absolute atomic E-state index is 11.6. The molecule has 0 saturated carbocycles. The van der Waals surface area contributed by atoms with Gasteiger partial charge in [0.2, 0.25) is 5.91 Å². The van der Waals surface area contributed by atoms with Crippen LogP contribution in [0.5, 0.6) is 0 Å². The van der Waals surface area contributed by atoms with Gasteiger partial charge >= 0.3 is 0 Å². The third-order valence-corrected chi connectivity index (χ3v) is 2.77. The van der Waals surface area contributed by atoms with E-state index in [0.29, 0.717) is 6.54 Å². The van der Waals surface area contributed by atoms with E-state index in [0.717, 1.165) is 11.4 Å². The molecule has 0 aromatic carbocycles. The normalized spacial score (nSPS) is 12.1. The largest absolute Gasteiger partial charge is 0.372 e. The molecule has 6 nitrogen and oxygen atoms in total. The van der Waals surface area contributed by atoms with E-state index in [4.69, 9.17) is 4.74 Å². The van der Waals surface area contributed by atoms with Crippen LogP contribution in [0.2, 0.25) is 0 Å². The lowest BCUT2D eigenvalue weighted by Crippen LogP contribution is -2.33. The Morgan fingerprint density at radius 1 is 1.53 bits per heavy atom. The second kappa shape index (κ2) is 6.10. The van der Waals surface area contributed by atoms with Crippen LogP contribution in [-0.4, -0.2) is 33.7 Å². The van der Waals surface area contributed by atoms with E-state index in [1.165, 1.54) is 7.11 Å². The highest BCUT2D eigenvalue weighted by Crippen LogP contribution is 2.06. The number of hydrogen-bond donors (Lipinski definition) is 1. The molecule has 2 aromatic heterocycles. The molecule has 2 rings (SSSR count). The maximum Gasteiger partial charge on any atom is 0.249 e. The van der Waals surface area contributed by atoms with Crippen molar-refractivity contribution in [2.75, 3.05) is 7.11 Å². The fourth-order valence-corrected chi connectivity index (χ4v) is 1.55. The monoisotopic (exact) mass is 260 g/mol. The zero-order valence-electron chi connectivity index (χ0n) is 10.9. The number of ether oxygens (including phenoxy) is 1. The van der Waals surface area contributed by atoms with Crippen LogP contribution < -0.4 is 5.32 Å². The quantitative estimate of drug-likeness (QED) is 0.868. The molecule has 2 aromatic rings. The lowest BCUT2D eigenvalue weighted by atomic mass is 10.2. The Hall–Kier alpha value is -2.21. The summed E-state index contributed by atoms with van der Waals surface area (Å²) in [5.41, 5.74) is 0.968. The molecule has 0 bridgehead atoms. The average Bonchev–Trinajstić information content (AvgIpc) is 2.98. The van der Waals surface area contributed by atoms with Crippen LogP contribution >= 0.6 is 0 Å². The zero-order valence-corrected chi connectivity index (χ0v) is 10.9. The van der Waals surface area contributed by atoms with Gasteiger partial charge in [-0.25, -0.2) is 9.97 Å². The maximum atomic E-state index is 11.6. The van der Waals surface area contributed by atoms with E-state index in [-0.39, 0.29) is 5.91 Å². The third kappa shape index (κ3) is 3.38. The fraction of sp³-hybridized carbons (Fsp3) is 0.308. The lowest BCUT2D eigenvalue weighted by molar-refractivity contribution is -0.130. The van der Waals surface area contributed by atoms with Crippen LogP contribution in [0.15, 0.2) is 37.1 Å². The standard InChI is InChI=1S/C13H16N4O2/c1-10(19-2)13(18)16-8-11-3-4-15-12(7-11)17-6-5-14-9-17/h3-7,9-10H,8H2,1-2H3,(H,16,18). The molecule has 19 heavy (non-hydrogen) atoms. The molecule has 0 saturated heterocycles. The second-order valence-corrected chi connectivity index (χ2v) is 4.09. The first-order valence-corrected chi connectivity index (χ1v) is 5.94. The highest BCUT2D eigenvalue weighted by Gasteiger charge is 2.10. The molecule has 0 radical (unpaired) electrons. The van der Waals surface area contributed by atoms with E-state index >= 15 is 0 Å². The minimum atomic E-state index is -0.449. The van der Waals surface area contributed by atoms with Crippen LogP contribution in [-0.2, 0) is 16.1 Å². The number of pyridine rings is 1.